The van der Waals surface area contributed by atoms with Gasteiger partial charge in [0.1, 0.15) is 5.56 Å². The number of aryl methyl sites for hydroxylation is 2. The van der Waals surface area contributed by atoms with Crippen molar-refractivity contribution >= 4 is 17.5 Å². The van der Waals surface area contributed by atoms with Gasteiger partial charge in [-0.1, -0.05) is 13.0 Å². The van der Waals surface area contributed by atoms with E-state index in [9.17, 15) is 9.59 Å². The predicted molar refractivity (Wildman–Crippen MR) is 111 cm³/mol. The van der Waals surface area contributed by atoms with Crippen LogP contribution < -0.4 is 15.8 Å². The molecule has 0 atom stereocenters. The highest BCUT2D eigenvalue weighted by Crippen LogP contribution is 2.19. The Balaban J connectivity index is 1.65. The number of nitrogens with one attached hydrogen (secondary N) is 1. The van der Waals surface area contributed by atoms with Crippen molar-refractivity contribution in [2.24, 2.45) is 5.73 Å². The maximum atomic E-state index is 12.4. The minimum atomic E-state index is -0.568. The first-order chi connectivity index (χ1) is 14.4. The molecule has 0 aliphatic rings. The van der Waals surface area contributed by atoms with Crippen molar-refractivity contribution in [2.45, 2.75) is 46.6 Å². The molecule has 2 amide bonds. The monoisotopic (exact) mass is 410 g/mol. The molecule has 0 bridgehead atoms. The summed E-state index contributed by atoms with van der Waals surface area (Å²) in [6.07, 6.45) is 4.77. The van der Waals surface area contributed by atoms with Gasteiger partial charge in [0.15, 0.2) is 5.65 Å². The van der Waals surface area contributed by atoms with Crippen LogP contribution in [0.2, 0.25) is 0 Å². The normalized spacial score (nSPS) is 10.9. The highest BCUT2D eigenvalue weighted by atomic mass is 16.5. The first kappa shape index (κ1) is 21.2. The lowest BCUT2D eigenvalue weighted by Gasteiger charge is -2.12. The zero-order valence-electron chi connectivity index (χ0n) is 17.4. The molecule has 9 nitrogen and oxygen atoms in total. The van der Waals surface area contributed by atoms with E-state index in [0.29, 0.717) is 37.5 Å². The summed E-state index contributed by atoms with van der Waals surface area (Å²) in [4.78, 5) is 32.7. The van der Waals surface area contributed by atoms with Gasteiger partial charge in [-0.2, -0.15) is 5.10 Å². The number of rotatable bonds is 9. The third-order valence-electron chi connectivity index (χ3n) is 4.85. The lowest BCUT2D eigenvalue weighted by Crippen LogP contribution is -2.24. The van der Waals surface area contributed by atoms with Crippen molar-refractivity contribution in [1.29, 1.82) is 0 Å². The van der Waals surface area contributed by atoms with Crippen LogP contribution in [0, 0.1) is 13.8 Å². The molecule has 3 N–H and O–H groups in total. The number of primary amides is 1. The number of nitrogens with two attached hydrogens (primary N) is 1. The lowest BCUT2D eigenvalue weighted by molar-refractivity contribution is -0.121. The van der Waals surface area contributed by atoms with Crippen LogP contribution in [0.15, 0.2) is 24.5 Å². The molecule has 3 rings (SSSR count). The van der Waals surface area contributed by atoms with E-state index in [1.165, 1.54) is 6.20 Å². The fraction of sp³-hybridized carbons (Fsp3) is 0.381. The third-order valence-corrected chi connectivity index (χ3v) is 4.85. The Morgan fingerprint density at radius 3 is 2.83 bits per heavy atom. The van der Waals surface area contributed by atoms with Crippen LogP contribution in [0.3, 0.4) is 0 Å². The molecule has 0 saturated carbocycles. The minimum Gasteiger partial charge on any atom is -0.477 e. The summed E-state index contributed by atoms with van der Waals surface area (Å²) in [6.45, 7) is 6.70. The molecule has 0 aliphatic carbocycles. The lowest BCUT2D eigenvalue weighted by atomic mass is 10.1. The van der Waals surface area contributed by atoms with Gasteiger partial charge in [0.25, 0.3) is 5.91 Å². The summed E-state index contributed by atoms with van der Waals surface area (Å²) < 4.78 is 7.22. The number of carbonyl (C=O) groups is 2. The van der Waals surface area contributed by atoms with Crippen molar-refractivity contribution < 1.29 is 14.3 Å². The topological polar surface area (TPSA) is 124 Å². The second-order valence-electron chi connectivity index (χ2n) is 7.01. The molecule has 0 aliphatic heterocycles. The van der Waals surface area contributed by atoms with Crippen LogP contribution in [0.1, 0.15) is 52.6 Å². The van der Waals surface area contributed by atoms with Gasteiger partial charge >= 0.3 is 0 Å². The van der Waals surface area contributed by atoms with Crippen molar-refractivity contribution in [1.82, 2.24) is 24.9 Å². The quantitative estimate of drug-likeness (QED) is 0.555. The van der Waals surface area contributed by atoms with Crippen LogP contribution in [0.4, 0.5) is 0 Å². The molecule has 0 radical (unpaired) electrons. The molecule has 0 fully saturated rings. The standard InChI is InChI=1S/C21H26N6O3/c1-4-10-30-21-15(6-5-9-23-21)11-24-18(28)8-7-16-13(2)26-20-17(19(22)29)12-25-27(20)14(16)3/h5-6,9,12H,4,7-8,10-11H2,1-3H3,(H2,22,29)(H,24,28). The van der Waals surface area contributed by atoms with E-state index in [1.54, 1.807) is 10.7 Å². The van der Waals surface area contributed by atoms with Gasteiger partial charge in [-0.15, -0.1) is 0 Å². The molecule has 3 aromatic rings. The Labute approximate surface area is 174 Å². The highest BCUT2D eigenvalue weighted by Gasteiger charge is 2.17. The Bertz CT molecular complexity index is 1080. The van der Waals surface area contributed by atoms with E-state index in [1.807, 2.05) is 32.9 Å². The Morgan fingerprint density at radius 2 is 2.10 bits per heavy atom. The number of nitrogens with zero attached hydrogens (tertiary/aromatic N) is 4. The number of pyridine rings is 1. The van der Waals surface area contributed by atoms with E-state index in [-0.39, 0.29) is 11.5 Å². The maximum Gasteiger partial charge on any atom is 0.254 e. The van der Waals surface area contributed by atoms with Crippen LogP contribution in [-0.2, 0) is 17.8 Å². The van der Waals surface area contributed by atoms with Crippen molar-refractivity contribution in [3.05, 3.63) is 52.6 Å². The number of fused-ring (bicyclic) bond motifs is 1. The second-order valence-corrected chi connectivity index (χ2v) is 7.01. The zero-order valence-corrected chi connectivity index (χ0v) is 17.4. The Kier molecular flexibility index (Phi) is 6.61. The molecule has 3 aromatic heterocycles. The molecule has 9 heteroatoms. The fourth-order valence-electron chi connectivity index (χ4n) is 3.25. The predicted octanol–water partition coefficient (Wildman–Crippen LogP) is 1.88. The molecule has 3 heterocycles. The molecular weight excluding hydrogens is 384 g/mol. The maximum absolute atomic E-state index is 12.4. The first-order valence-electron chi connectivity index (χ1n) is 9.89. The molecule has 30 heavy (non-hydrogen) atoms. The van der Waals surface area contributed by atoms with E-state index in [4.69, 9.17) is 10.5 Å². The number of ether oxygens (including phenoxy) is 1. The summed E-state index contributed by atoms with van der Waals surface area (Å²) in [6, 6.07) is 3.71. The van der Waals surface area contributed by atoms with Crippen molar-refractivity contribution in [3.8, 4) is 5.88 Å². The van der Waals surface area contributed by atoms with E-state index < -0.39 is 5.91 Å². The minimum absolute atomic E-state index is 0.0857. The van der Waals surface area contributed by atoms with E-state index >= 15 is 0 Å². The van der Waals surface area contributed by atoms with Gasteiger partial charge in [0.05, 0.1) is 12.8 Å². The molecule has 158 valence electrons. The molecule has 0 spiro atoms. The molecule has 0 unspecified atom stereocenters. The third kappa shape index (κ3) is 4.56. The van der Waals surface area contributed by atoms with Crippen LogP contribution in [-0.4, -0.2) is 38.0 Å². The van der Waals surface area contributed by atoms with Gasteiger partial charge < -0.3 is 15.8 Å². The molecule has 0 aromatic carbocycles. The number of amides is 2. The van der Waals surface area contributed by atoms with E-state index in [2.05, 4.69) is 20.4 Å². The van der Waals surface area contributed by atoms with Crippen molar-refractivity contribution in [3.63, 3.8) is 0 Å². The zero-order chi connectivity index (χ0) is 21.7. The number of carbonyl (C=O) groups excluding carboxylic acids is 2. The number of hydrogen-bond acceptors (Lipinski definition) is 6. The smallest absolute Gasteiger partial charge is 0.254 e. The van der Waals surface area contributed by atoms with E-state index in [0.717, 1.165) is 28.9 Å². The molecular formula is C21H26N6O3. The van der Waals surface area contributed by atoms with Gasteiger partial charge in [-0.3, -0.25) is 9.59 Å². The SMILES string of the molecule is CCCOc1ncccc1CNC(=O)CCc1c(C)nc2c(C(N)=O)cnn2c1C. The van der Waals surface area contributed by atoms with Gasteiger partial charge in [-0.05, 0) is 38.3 Å². The summed E-state index contributed by atoms with van der Waals surface area (Å²) in [7, 11) is 0. The first-order valence-corrected chi connectivity index (χ1v) is 9.89. The fourth-order valence-corrected chi connectivity index (χ4v) is 3.25. The van der Waals surface area contributed by atoms with Crippen LogP contribution in [0.5, 0.6) is 5.88 Å². The Hall–Kier alpha value is -3.49. The Morgan fingerprint density at radius 1 is 1.30 bits per heavy atom. The molecule has 0 saturated heterocycles. The largest absolute Gasteiger partial charge is 0.477 e. The van der Waals surface area contributed by atoms with Gasteiger partial charge in [0, 0.05) is 36.1 Å². The van der Waals surface area contributed by atoms with Gasteiger partial charge in [0.2, 0.25) is 11.8 Å². The highest BCUT2D eigenvalue weighted by molar-refractivity contribution is 5.98. The number of hydrogen-bond donors (Lipinski definition) is 2. The summed E-state index contributed by atoms with van der Waals surface area (Å²) >= 11 is 0. The average Bonchev–Trinajstić information content (AvgIpc) is 3.15. The summed E-state index contributed by atoms with van der Waals surface area (Å²) in [5.74, 6) is -0.108. The second kappa shape index (κ2) is 9.34. The van der Waals surface area contributed by atoms with Crippen molar-refractivity contribution in [2.75, 3.05) is 6.61 Å². The van der Waals surface area contributed by atoms with Crippen LogP contribution in [0.25, 0.3) is 5.65 Å². The van der Waals surface area contributed by atoms with Gasteiger partial charge in [-0.25, -0.2) is 14.5 Å². The average molecular weight is 410 g/mol. The van der Waals surface area contributed by atoms with Crippen LogP contribution >= 0.6 is 0 Å². The summed E-state index contributed by atoms with van der Waals surface area (Å²) in [5.41, 5.74) is 9.44. The number of aromatic nitrogens is 4. The summed E-state index contributed by atoms with van der Waals surface area (Å²) in [5, 5.41) is 7.13.